The number of hydrogen-bond donors (Lipinski definition) is 1. The summed E-state index contributed by atoms with van der Waals surface area (Å²) in [6, 6.07) is 6.54. The maximum absolute atomic E-state index is 13.2. The van der Waals surface area contributed by atoms with Crippen molar-refractivity contribution in [1.29, 1.82) is 0 Å². The minimum atomic E-state index is -0.00349. The van der Waals surface area contributed by atoms with E-state index in [1.165, 1.54) is 44.1 Å². The maximum Gasteiger partial charge on any atom is 0.326 e. The van der Waals surface area contributed by atoms with Crippen molar-refractivity contribution in [1.82, 2.24) is 29.0 Å². The third kappa shape index (κ3) is 4.03. The number of fused-ring (bicyclic) bond motifs is 2. The number of piperidine rings is 1. The van der Waals surface area contributed by atoms with Crippen molar-refractivity contribution in [3.8, 4) is 16.9 Å². The molecule has 8 nitrogen and oxygen atoms in total. The maximum atomic E-state index is 13.2. The Morgan fingerprint density at radius 2 is 2.00 bits per heavy atom. The van der Waals surface area contributed by atoms with Crippen molar-refractivity contribution in [3.63, 3.8) is 0 Å². The summed E-state index contributed by atoms with van der Waals surface area (Å²) in [5.41, 5.74) is 5.85. The molecule has 0 bridgehead atoms. The van der Waals surface area contributed by atoms with Gasteiger partial charge in [-0.15, -0.1) is 0 Å². The van der Waals surface area contributed by atoms with E-state index >= 15 is 0 Å². The van der Waals surface area contributed by atoms with Crippen LogP contribution in [0.15, 0.2) is 35.5 Å². The third-order valence-electron chi connectivity index (χ3n) is 8.03. The molecule has 0 radical (unpaired) electrons. The molecule has 0 spiro atoms. The summed E-state index contributed by atoms with van der Waals surface area (Å²) in [6.07, 6.45) is 12.0. The molecular weight excluding hydrogens is 440 g/mol. The monoisotopic (exact) mass is 474 g/mol. The molecule has 2 fully saturated rings. The number of hydrogen-bond acceptors (Lipinski definition) is 5. The number of ether oxygens (including phenoxy) is 1. The molecule has 1 N–H and O–H groups in total. The van der Waals surface area contributed by atoms with E-state index in [0.29, 0.717) is 11.4 Å². The summed E-state index contributed by atoms with van der Waals surface area (Å²) < 4.78 is 9.35. The minimum absolute atomic E-state index is 0.00349. The molecule has 0 amide bonds. The molecule has 3 aromatic heterocycles. The quantitative estimate of drug-likeness (QED) is 0.447. The highest BCUT2D eigenvalue weighted by Gasteiger charge is 2.27. The lowest BCUT2D eigenvalue weighted by atomic mass is 9.97. The standard InChI is InChI=1S/C27H34N6O2/c1-3-19-11-24-23(13-22(19)20-12-25(35-2)26-28-17-29-32(26)15-20)30-27(34)33(24)21-9-6-10-31(16-21)14-18-7-4-5-8-18/h11-13,15,17-18,21H,3-10,14,16H2,1-2H3,(H,30,34). The Morgan fingerprint density at radius 1 is 1.14 bits per heavy atom. The Kier molecular flexibility index (Phi) is 5.84. The van der Waals surface area contributed by atoms with Crippen LogP contribution in [0.5, 0.6) is 5.75 Å². The van der Waals surface area contributed by atoms with Gasteiger partial charge in [-0.1, -0.05) is 19.8 Å². The number of rotatable bonds is 6. The number of nitrogens with zero attached hydrogens (tertiary/aromatic N) is 5. The number of aromatic amines is 1. The molecule has 1 saturated heterocycles. The first-order chi connectivity index (χ1) is 17.1. The highest BCUT2D eigenvalue weighted by Crippen LogP contribution is 2.34. The van der Waals surface area contributed by atoms with Crippen molar-refractivity contribution >= 4 is 16.7 Å². The fourth-order valence-corrected chi connectivity index (χ4v) is 6.30. The van der Waals surface area contributed by atoms with Gasteiger partial charge in [-0.2, -0.15) is 5.10 Å². The predicted molar refractivity (Wildman–Crippen MR) is 137 cm³/mol. The molecule has 1 atom stereocenters. The largest absolute Gasteiger partial charge is 0.493 e. The van der Waals surface area contributed by atoms with E-state index in [9.17, 15) is 4.79 Å². The summed E-state index contributed by atoms with van der Waals surface area (Å²) in [4.78, 5) is 23.3. The summed E-state index contributed by atoms with van der Waals surface area (Å²) in [5.74, 6) is 1.51. The van der Waals surface area contributed by atoms with Crippen LogP contribution in [-0.4, -0.2) is 55.8 Å². The summed E-state index contributed by atoms with van der Waals surface area (Å²) in [7, 11) is 1.65. The van der Waals surface area contributed by atoms with Crippen LogP contribution >= 0.6 is 0 Å². The van der Waals surface area contributed by atoms with E-state index in [-0.39, 0.29) is 11.7 Å². The predicted octanol–water partition coefficient (Wildman–Crippen LogP) is 4.44. The average Bonchev–Trinajstić information content (AvgIpc) is 3.62. The molecule has 1 unspecified atom stereocenters. The molecule has 184 valence electrons. The number of imidazole rings is 1. The van der Waals surface area contributed by atoms with Crippen LogP contribution in [0.4, 0.5) is 0 Å². The third-order valence-corrected chi connectivity index (χ3v) is 8.03. The smallest absolute Gasteiger partial charge is 0.326 e. The number of pyridine rings is 1. The number of aryl methyl sites for hydroxylation is 1. The lowest BCUT2D eigenvalue weighted by Crippen LogP contribution is -2.41. The molecular formula is C27H34N6O2. The van der Waals surface area contributed by atoms with Gasteiger partial charge in [-0.05, 0) is 73.9 Å². The summed E-state index contributed by atoms with van der Waals surface area (Å²) >= 11 is 0. The van der Waals surface area contributed by atoms with Crippen molar-refractivity contribution in [2.45, 2.75) is 57.9 Å². The van der Waals surface area contributed by atoms with Crippen LogP contribution in [0.3, 0.4) is 0 Å². The van der Waals surface area contributed by atoms with Gasteiger partial charge in [0.25, 0.3) is 0 Å². The Hall–Kier alpha value is -3.13. The van der Waals surface area contributed by atoms with Crippen molar-refractivity contribution in [3.05, 3.63) is 46.8 Å². The van der Waals surface area contributed by atoms with Crippen LogP contribution in [0, 0.1) is 5.92 Å². The molecule has 1 aromatic carbocycles. The van der Waals surface area contributed by atoms with Crippen molar-refractivity contribution < 1.29 is 4.74 Å². The topological polar surface area (TPSA) is 80.5 Å². The molecule has 1 aliphatic carbocycles. The number of likely N-dealkylation sites (tertiary alicyclic amines) is 1. The minimum Gasteiger partial charge on any atom is -0.493 e. The lowest BCUT2D eigenvalue weighted by molar-refractivity contribution is 0.155. The first kappa shape index (κ1) is 22.3. The zero-order valence-electron chi connectivity index (χ0n) is 20.7. The van der Waals surface area contributed by atoms with E-state index < -0.39 is 0 Å². The van der Waals surface area contributed by atoms with Crippen LogP contribution < -0.4 is 10.4 Å². The molecule has 8 heteroatoms. The molecule has 2 aliphatic rings. The molecule has 4 aromatic rings. The van der Waals surface area contributed by atoms with Crippen LogP contribution in [-0.2, 0) is 6.42 Å². The van der Waals surface area contributed by atoms with E-state index in [2.05, 4.69) is 39.0 Å². The van der Waals surface area contributed by atoms with Gasteiger partial charge < -0.3 is 14.6 Å². The Bertz CT molecular complexity index is 1410. The number of aromatic nitrogens is 5. The second-order valence-electron chi connectivity index (χ2n) is 10.2. The van der Waals surface area contributed by atoms with Crippen LogP contribution in [0.2, 0.25) is 0 Å². The van der Waals surface area contributed by atoms with E-state index in [1.54, 1.807) is 11.6 Å². The van der Waals surface area contributed by atoms with Gasteiger partial charge in [0, 0.05) is 24.8 Å². The van der Waals surface area contributed by atoms with E-state index in [1.807, 2.05) is 16.8 Å². The number of methoxy groups -OCH3 is 1. The normalized spacial score (nSPS) is 19.8. The van der Waals surface area contributed by atoms with Gasteiger partial charge in [0.1, 0.15) is 6.33 Å². The van der Waals surface area contributed by atoms with E-state index in [0.717, 1.165) is 60.4 Å². The molecule has 1 aliphatic heterocycles. The molecule has 6 rings (SSSR count). The zero-order valence-corrected chi connectivity index (χ0v) is 20.7. The molecule has 1 saturated carbocycles. The number of nitrogens with one attached hydrogen (secondary N) is 1. The molecule has 35 heavy (non-hydrogen) atoms. The number of H-pyrrole nitrogens is 1. The Labute approximate surface area is 204 Å². The van der Waals surface area contributed by atoms with Crippen molar-refractivity contribution in [2.24, 2.45) is 5.92 Å². The first-order valence-electron chi connectivity index (χ1n) is 13.0. The second-order valence-corrected chi connectivity index (χ2v) is 10.2. The first-order valence-corrected chi connectivity index (χ1v) is 13.0. The fraction of sp³-hybridized carbons (Fsp3) is 0.519. The Balaban J connectivity index is 1.38. The van der Waals surface area contributed by atoms with Crippen molar-refractivity contribution in [2.75, 3.05) is 26.7 Å². The number of benzene rings is 1. The Morgan fingerprint density at radius 3 is 2.80 bits per heavy atom. The van der Waals surface area contributed by atoms with Gasteiger partial charge in [0.2, 0.25) is 0 Å². The zero-order chi connectivity index (χ0) is 23.9. The van der Waals surface area contributed by atoms with Gasteiger partial charge in [-0.3, -0.25) is 4.57 Å². The highest BCUT2D eigenvalue weighted by atomic mass is 16.5. The van der Waals surface area contributed by atoms with Crippen LogP contribution in [0.25, 0.3) is 27.8 Å². The van der Waals surface area contributed by atoms with Crippen LogP contribution in [0.1, 0.15) is 57.1 Å². The molecule has 4 heterocycles. The lowest BCUT2D eigenvalue weighted by Gasteiger charge is -2.34. The van der Waals surface area contributed by atoms with Gasteiger partial charge in [0.05, 0.1) is 24.2 Å². The van der Waals surface area contributed by atoms with Gasteiger partial charge in [-0.25, -0.2) is 14.3 Å². The van der Waals surface area contributed by atoms with E-state index in [4.69, 9.17) is 4.74 Å². The SMILES string of the molecule is CCc1cc2c(cc1-c1cc(OC)c3ncnn3c1)[nH]c(=O)n2C1CCCN(CC2CCCC2)C1. The second kappa shape index (κ2) is 9.15. The summed E-state index contributed by atoms with van der Waals surface area (Å²) in [5, 5.41) is 4.31. The van der Waals surface area contributed by atoms with Gasteiger partial charge >= 0.3 is 5.69 Å². The van der Waals surface area contributed by atoms with Gasteiger partial charge in [0.15, 0.2) is 11.4 Å². The average molecular weight is 475 g/mol. The summed E-state index contributed by atoms with van der Waals surface area (Å²) in [6.45, 7) is 5.47. The highest BCUT2D eigenvalue weighted by molar-refractivity contribution is 5.85. The fourth-order valence-electron chi connectivity index (χ4n) is 6.30.